The van der Waals surface area contributed by atoms with Crippen LogP contribution in [-0.2, 0) is 9.53 Å². The van der Waals surface area contributed by atoms with Crippen LogP contribution in [0.15, 0.2) is 40.5 Å². The third-order valence-electron chi connectivity index (χ3n) is 3.30. The summed E-state index contributed by atoms with van der Waals surface area (Å²) in [7, 11) is 0. The number of hydrogen-bond donors (Lipinski definition) is 0. The average Bonchev–Trinajstić information content (AvgIpc) is 2.42. The summed E-state index contributed by atoms with van der Waals surface area (Å²) in [6.07, 6.45) is 0. The molecule has 1 aromatic rings. The smallest absolute Gasteiger partial charge is 0.315 e. The molecular formula is C15H18N2O2. The van der Waals surface area contributed by atoms with Gasteiger partial charge in [0, 0.05) is 11.6 Å². The zero-order chi connectivity index (χ0) is 13.8. The normalized spacial score (nSPS) is 22.5. The highest BCUT2D eigenvalue weighted by atomic mass is 16.5. The van der Waals surface area contributed by atoms with E-state index in [1.54, 1.807) is 0 Å². The average molecular weight is 258 g/mol. The van der Waals surface area contributed by atoms with Crippen LogP contribution in [-0.4, -0.2) is 24.0 Å². The van der Waals surface area contributed by atoms with Crippen LogP contribution in [0.2, 0.25) is 0 Å². The van der Waals surface area contributed by atoms with Gasteiger partial charge in [0.25, 0.3) is 0 Å². The molecule has 0 N–H and O–H groups in total. The number of carbonyl (C=O) groups is 1. The Morgan fingerprint density at radius 3 is 2.42 bits per heavy atom. The second kappa shape index (κ2) is 5.78. The molecule has 2 rings (SSSR count). The molecule has 2 unspecified atom stereocenters. The third-order valence-corrected chi connectivity index (χ3v) is 3.30. The fraction of sp³-hybridized carbons (Fsp3) is 0.400. The first kappa shape index (κ1) is 13.5. The number of benzene rings is 1. The van der Waals surface area contributed by atoms with Crippen LogP contribution < -0.4 is 0 Å². The van der Waals surface area contributed by atoms with Gasteiger partial charge in [-0.3, -0.25) is 4.79 Å². The molecule has 0 saturated carbocycles. The lowest BCUT2D eigenvalue weighted by molar-refractivity contribution is -0.145. The molecule has 19 heavy (non-hydrogen) atoms. The van der Waals surface area contributed by atoms with E-state index < -0.39 is 0 Å². The number of carbonyl (C=O) groups excluding carboxylic acids is 1. The Morgan fingerprint density at radius 1 is 1.16 bits per heavy atom. The van der Waals surface area contributed by atoms with Gasteiger partial charge in [0.15, 0.2) is 0 Å². The number of ether oxygens (including phenoxy) is 1. The molecule has 0 bridgehead atoms. The van der Waals surface area contributed by atoms with Crippen molar-refractivity contribution in [2.24, 2.45) is 16.1 Å². The molecule has 0 aliphatic carbocycles. The van der Waals surface area contributed by atoms with Gasteiger partial charge in [-0.25, -0.2) is 0 Å². The first-order valence-electron chi connectivity index (χ1n) is 6.45. The van der Waals surface area contributed by atoms with Crippen molar-refractivity contribution < 1.29 is 9.53 Å². The molecule has 2 atom stereocenters. The van der Waals surface area contributed by atoms with E-state index in [2.05, 4.69) is 10.2 Å². The maximum atomic E-state index is 12.2. The monoisotopic (exact) mass is 258 g/mol. The molecule has 0 radical (unpaired) electrons. The predicted molar refractivity (Wildman–Crippen MR) is 75.5 cm³/mol. The second-order valence-electron chi connectivity index (χ2n) is 4.60. The van der Waals surface area contributed by atoms with E-state index in [1.165, 1.54) is 0 Å². The zero-order valence-electron chi connectivity index (χ0n) is 11.5. The molecule has 0 fully saturated rings. The minimum Gasteiger partial charge on any atom is -0.465 e. The standard InChI is InChI=1S/C15H18N2O2/c1-4-19-15(18)14-11(3)17-16-10(2)13(14)12-8-6-5-7-9-12/h5-9,13-14H,4H2,1-3H3. The molecule has 1 aromatic carbocycles. The van der Waals surface area contributed by atoms with Crippen molar-refractivity contribution in [3.05, 3.63) is 35.9 Å². The molecule has 0 saturated heterocycles. The van der Waals surface area contributed by atoms with Crippen molar-refractivity contribution in [2.45, 2.75) is 26.7 Å². The molecule has 100 valence electrons. The summed E-state index contributed by atoms with van der Waals surface area (Å²) in [5, 5.41) is 8.23. The highest BCUT2D eigenvalue weighted by molar-refractivity contribution is 6.09. The molecule has 0 amide bonds. The number of rotatable bonds is 3. The van der Waals surface area contributed by atoms with Gasteiger partial charge in [0.1, 0.15) is 5.92 Å². The molecule has 1 aliphatic rings. The lowest BCUT2D eigenvalue weighted by Gasteiger charge is -2.27. The summed E-state index contributed by atoms with van der Waals surface area (Å²) in [6.45, 7) is 5.92. The Morgan fingerprint density at radius 2 is 1.79 bits per heavy atom. The Hall–Kier alpha value is -1.97. The number of nitrogens with zero attached hydrogens (tertiary/aromatic N) is 2. The summed E-state index contributed by atoms with van der Waals surface area (Å²) >= 11 is 0. The fourth-order valence-corrected chi connectivity index (χ4v) is 2.40. The minimum absolute atomic E-state index is 0.0854. The molecule has 4 nitrogen and oxygen atoms in total. The number of esters is 1. The molecule has 1 aliphatic heterocycles. The van der Waals surface area contributed by atoms with E-state index in [-0.39, 0.29) is 17.8 Å². The van der Waals surface area contributed by atoms with Crippen molar-refractivity contribution in [3.63, 3.8) is 0 Å². The van der Waals surface area contributed by atoms with Crippen LogP contribution in [0.25, 0.3) is 0 Å². The maximum absolute atomic E-state index is 12.2. The second-order valence-corrected chi connectivity index (χ2v) is 4.60. The Bertz CT molecular complexity index is 520. The molecule has 0 spiro atoms. The molecule has 1 heterocycles. The van der Waals surface area contributed by atoms with Crippen molar-refractivity contribution in [1.82, 2.24) is 0 Å². The third kappa shape index (κ3) is 2.72. The lowest BCUT2D eigenvalue weighted by Crippen LogP contribution is -2.35. The highest BCUT2D eigenvalue weighted by Gasteiger charge is 2.37. The predicted octanol–water partition coefficient (Wildman–Crippen LogP) is 2.80. The van der Waals surface area contributed by atoms with Gasteiger partial charge in [-0.2, -0.15) is 10.2 Å². The van der Waals surface area contributed by atoms with Crippen LogP contribution in [0, 0.1) is 5.92 Å². The SMILES string of the molecule is CCOC(=O)C1C(C)=NN=C(C)C1c1ccccc1. The van der Waals surface area contributed by atoms with Crippen LogP contribution in [0.1, 0.15) is 32.3 Å². The topological polar surface area (TPSA) is 51.0 Å². The summed E-state index contributed by atoms with van der Waals surface area (Å²) in [5.41, 5.74) is 2.61. The van der Waals surface area contributed by atoms with E-state index in [1.807, 2.05) is 51.1 Å². The van der Waals surface area contributed by atoms with Crippen LogP contribution in [0.3, 0.4) is 0 Å². The van der Waals surface area contributed by atoms with Gasteiger partial charge in [0.2, 0.25) is 0 Å². The van der Waals surface area contributed by atoms with E-state index in [0.29, 0.717) is 12.3 Å². The van der Waals surface area contributed by atoms with Gasteiger partial charge in [-0.1, -0.05) is 30.3 Å². The molecular weight excluding hydrogens is 240 g/mol. The van der Waals surface area contributed by atoms with E-state index in [0.717, 1.165) is 11.3 Å². The summed E-state index contributed by atoms with van der Waals surface area (Å²) in [5.74, 6) is -0.690. The van der Waals surface area contributed by atoms with Crippen LogP contribution in [0.5, 0.6) is 0 Å². The van der Waals surface area contributed by atoms with E-state index in [9.17, 15) is 4.79 Å². The van der Waals surface area contributed by atoms with Crippen molar-refractivity contribution >= 4 is 17.4 Å². The molecule has 4 heteroatoms. The summed E-state index contributed by atoms with van der Waals surface area (Å²) in [4.78, 5) is 12.2. The zero-order valence-corrected chi connectivity index (χ0v) is 11.5. The highest BCUT2D eigenvalue weighted by Crippen LogP contribution is 2.31. The quantitative estimate of drug-likeness (QED) is 0.783. The Labute approximate surface area is 113 Å². The summed E-state index contributed by atoms with van der Waals surface area (Å²) in [6, 6.07) is 9.90. The van der Waals surface area contributed by atoms with Gasteiger partial charge in [-0.15, -0.1) is 0 Å². The molecule has 0 aromatic heterocycles. The first-order chi connectivity index (χ1) is 9.15. The lowest BCUT2D eigenvalue weighted by atomic mass is 9.79. The van der Waals surface area contributed by atoms with Crippen molar-refractivity contribution in [1.29, 1.82) is 0 Å². The van der Waals surface area contributed by atoms with E-state index >= 15 is 0 Å². The number of hydrogen-bond acceptors (Lipinski definition) is 4. The van der Waals surface area contributed by atoms with E-state index in [4.69, 9.17) is 4.74 Å². The van der Waals surface area contributed by atoms with Crippen molar-refractivity contribution in [3.8, 4) is 0 Å². The van der Waals surface area contributed by atoms with Crippen LogP contribution in [0.4, 0.5) is 0 Å². The van der Waals surface area contributed by atoms with Crippen molar-refractivity contribution in [2.75, 3.05) is 6.61 Å². The van der Waals surface area contributed by atoms with Gasteiger partial charge in [0.05, 0.1) is 12.3 Å². The maximum Gasteiger partial charge on any atom is 0.315 e. The fourth-order valence-electron chi connectivity index (χ4n) is 2.40. The summed E-state index contributed by atoms with van der Waals surface area (Å²) < 4.78 is 5.18. The van der Waals surface area contributed by atoms with Gasteiger partial charge >= 0.3 is 5.97 Å². The van der Waals surface area contributed by atoms with Gasteiger partial charge < -0.3 is 4.74 Å². The minimum atomic E-state index is -0.375. The van der Waals surface area contributed by atoms with Gasteiger partial charge in [-0.05, 0) is 26.3 Å². The van der Waals surface area contributed by atoms with Crippen LogP contribution >= 0.6 is 0 Å². The Kier molecular flexibility index (Phi) is 4.10. The largest absolute Gasteiger partial charge is 0.465 e. The Balaban J connectivity index is 2.40. The first-order valence-corrected chi connectivity index (χ1v) is 6.45.